The molecule has 2 aromatic carbocycles. The van der Waals surface area contributed by atoms with Gasteiger partial charge < -0.3 is 20.4 Å². The van der Waals surface area contributed by atoms with Crippen LogP contribution in [0.2, 0.25) is 0 Å². The van der Waals surface area contributed by atoms with Gasteiger partial charge >= 0.3 is 5.97 Å². The second-order valence-electron chi connectivity index (χ2n) is 8.51. The number of hydrogen-bond acceptors (Lipinski definition) is 5. The summed E-state index contributed by atoms with van der Waals surface area (Å²) < 4.78 is 4.68. The molecule has 2 heterocycles. The standard InChI is InChI=1S/C28H32N4O2/c1-20(29-17-15-28(33)34-2)27-18-24(14-16-30-27)32-23-12-10-21(11-13-23)6-5-7-22-19-31-26-9-4-3-8-25(22)26/h3-4,8-14,16,18-20,29,31H,5-7,15,17H2,1-2H3,(H,30,32). The quantitative estimate of drug-likeness (QED) is 0.253. The number of ether oxygens (including phenoxy) is 1. The summed E-state index contributed by atoms with van der Waals surface area (Å²) in [5.41, 5.74) is 6.88. The van der Waals surface area contributed by atoms with Crippen molar-refractivity contribution in [2.45, 2.75) is 38.6 Å². The van der Waals surface area contributed by atoms with Crippen LogP contribution in [0.4, 0.5) is 11.4 Å². The highest BCUT2D eigenvalue weighted by Gasteiger charge is 2.09. The SMILES string of the molecule is COC(=O)CCNC(C)c1cc(Nc2ccc(CCCc3c[nH]c4ccccc34)cc2)ccn1. The fraction of sp³-hybridized carbons (Fsp3) is 0.286. The van der Waals surface area contributed by atoms with E-state index < -0.39 is 0 Å². The molecular weight excluding hydrogens is 424 g/mol. The third-order valence-electron chi connectivity index (χ3n) is 6.06. The molecule has 0 bridgehead atoms. The molecule has 0 spiro atoms. The Morgan fingerprint density at radius 2 is 1.88 bits per heavy atom. The minimum absolute atomic E-state index is 0.0333. The lowest BCUT2D eigenvalue weighted by atomic mass is 10.0. The first-order valence-corrected chi connectivity index (χ1v) is 11.8. The lowest BCUT2D eigenvalue weighted by molar-refractivity contribution is -0.140. The first kappa shape index (κ1) is 23.5. The Kier molecular flexibility index (Phi) is 7.94. The van der Waals surface area contributed by atoms with Crippen LogP contribution in [0.25, 0.3) is 10.9 Å². The Morgan fingerprint density at radius 1 is 1.06 bits per heavy atom. The predicted molar refractivity (Wildman–Crippen MR) is 137 cm³/mol. The molecule has 0 aliphatic carbocycles. The molecule has 3 N–H and O–H groups in total. The third kappa shape index (κ3) is 6.23. The number of methoxy groups -OCH3 is 1. The first-order chi connectivity index (χ1) is 16.6. The number of anilines is 2. The van der Waals surface area contributed by atoms with E-state index in [9.17, 15) is 4.79 Å². The van der Waals surface area contributed by atoms with Gasteiger partial charge in [0, 0.05) is 47.3 Å². The average molecular weight is 457 g/mol. The molecule has 0 fully saturated rings. The van der Waals surface area contributed by atoms with Crippen molar-refractivity contribution in [3.63, 3.8) is 0 Å². The molecule has 6 nitrogen and oxygen atoms in total. The molecule has 0 saturated heterocycles. The Labute approximate surface area is 200 Å². The molecule has 0 aliphatic heterocycles. The zero-order valence-corrected chi connectivity index (χ0v) is 19.8. The topological polar surface area (TPSA) is 79.0 Å². The smallest absolute Gasteiger partial charge is 0.306 e. The molecule has 1 atom stereocenters. The van der Waals surface area contributed by atoms with Crippen LogP contribution in [0, 0.1) is 0 Å². The Balaban J connectivity index is 1.27. The van der Waals surface area contributed by atoms with E-state index in [0.717, 1.165) is 36.3 Å². The van der Waals surface area contributed by atoms with Crippen LogP contribution >= 0.6 is 0 Å². The Morgan fingerprint density at radius 3 is 2.71 bits per heavy atom. The lowest BCUT2D eigenvalue weighted by Gasteiger charge is -2.15. The number of benzene rings is 2. The molecule has 4 rings (SSSR count). The number of nitrogens with one attached hydrogen (secondary N) is 3. The molecule has 0 radical (unpaired) electrons. The van der Waals surface area contributed by atoms with Crippen molar-refractivity contribution in [2.24, 2.45) is 0 Å². The summed E-state index contributed by atoms with van der Waals surface area (Å²) in [5.74, 6) is -0.218. The van der Waals surface area contributed by atoms with Crippen LogP contribution < -0.4 is 10.6 Å². The Bertz CT molecular complexity index is 1220. The maximum Gasteiger partial charge on any atom is 0.306 e. The molecular formula is C28H32N4O2. The molecule has 0 amide bonds. The molecule has 34 heavy (non-hydrogen) atoms. The third-order valence-corrected chi connectivity index (χ3v) is 6.06. The maximum atomic E-state index is 11.3. The van der Waals surface area contributed by atoms with E-state index in [0.29, 0.717) is 13.0 Å². The number of aromatic amines is 1. The summed E-state index contributed by atoms with van der Waals surface area (Å²) in [6, 6.07) is 21.1. The normalized spacial score (nSPS) is 11.9. The summed E-state index contributed by atoms with van der Waals surface area (Å²) in [5, 5.41) is 8.10. The zero-order chi connectivity index (χ0) is 23.8. The van der Waals surface area contributed by atoms with Gasteiger partial charge in [-0.3, -0.25) is 9.78 Å². The monoisotopic (exact) mass is 456 g/mol. The van der Waals surface area contributed by atoms with Gasteiger partial charge in [-0.2, -0.15) is 0 Å². The van der Waals surface area contributed by atoms with Gasteiger partial charge in [0.25, 0.3) is 0 Å². The molecule has 176 valence electrons. The van der Waals surface area contributed by atoms with E-state index in [4.69, 9.17) is 0 Å². The minimum atomic E-state index is -0.218. The van der Waals surface area contributed by atoms with E-state index in [2.05, 4.69) is 80.1 Å². The van der Waals surface area contributed by atoms with Crippen LogP contribution in [0.3, 0.4) is 0 Å². The fourth-order valence-electron chi connectivity index (χ4n) is 4.10. The average Bonchev–Trinajstić information content (AvgIpc) is 3.28. The number of aryl methyl sites for hydroxylation is 2. The summed E-state index contributed by atoms with van der Waals surface area (Å²) in [6.45, 7) is 2.59. The van der Waals surface area contributed by atoms with Gasteiger partial charge in [0.1, 0.15) is 0 Å². The number of para-hydroxylation sites is 1. The van der Waals surface area contributed by atoms with Gasteiger partial charge in [-0.25, -0.2) is 0 Å². The van der Waals surface area contributed by atoms with Crippen LogP contribution in [0.5, 0.6) is 0 Å². The number of hydrogen-bond donors (Lipinski definition) is 3. The van der Waals surface area contributed by atoms with Gasteiger partial charge in [0.2, 0.25) is 0 Å². The lowest BCUT2D eigenvalue weighted by Crippen LogP contribution is -2.23. The van der Waals surface area contributed by atoms with Gasteiger partial charge in [-0.05, 0) is 67.6 Å². The van der Waals surface area contributed by atoms with Crippen LogP contribution in [-0.4, -0.2) is 29.6 Å². The number of H-pyrrole nitrogens is 1. The fourth-order valence-corrected chi connectivity index (χ4v) is 4.10. The second kappa shape index (κ2) is 11.5. The van der Waals surface area contributed by atoms with Crippen LogP contribution in [0.1, 0.15) is 42.6 Å². The summed E-state index contributed by atoms with van der Waals surface area (Å²) in [7, 11) is 1.40. The first-order valence-electron chi connectivity index (χ1n) is 11.8. The number of carbonyl (C=O) groups is 1. The van der Waals surface area contributed by atoms with Crippen molar-refractivity contribution < 1.29 is 9.53 Å². The van der Waals surface area contributed by atoms with Gasteiger partial charge in [0.05, 0.1) is 19.2 Å². The van der Waals surface area contributed by atoms with Crippen molar-refractivity contribution in [1.82, 2.24) is 15.3 Å². The van der Waals surface area contributed by atoms with E-state index in [1.807, 2.05) is 19.1 Å². The number of aromatic nitrogens is 2. The minimum Gasteiger partial charge on any atom is -0.469 e. The highest BCUT2D eigenvalue weighted by molar-refractivity contribution is 5.83. The number of rotatable bonds is 11. The van der Waals surface area contributed by atoms with Crippen molar-refractivity contribution in [3.05, 3.63) is 89.9 Å². The largest absolute Gasteiger partial charge is 0.469 e. The Hall–Kier alpha value is -3.64. The molecule has 2 aromatic heterocycles. The highest BCUT2D eigenvalue weighted by Crippen LogP contribution is 2.22. The summed E-state index contributed by atoms with van der Waals surface area (Å²) >= 11 is 0. The second-order valence-corrected chi connectivity index (χ2v) is 8.51. The number of fused-ring (bicyclic) bond motifs is 1. The van der Waals surface area contributed by atoms with Gasteiger partial charge in [0.15, 0.2) is 0 Å². The van der Waals surface area contributed by atoms with Crippen molar-refractivity contribution in [2.75, 3.05) is 19.0 Å². The molecule has 6 heteroatoms. The molecule has 1 unspecified atom stereocenters. The number of carbonyl (C=O) groups excluding carboxylic acids is 1. The van der Waals surface area contributed by atoms with Gasteiger partial charge in [-0.1, -0.05) is 30.3 Å². The van der Waals surface area contributed by atoms with Crippen LogP contribution in [0.15, 0.2) is 73.1 Å². The van der Waals surface area contributed by atoms with Crippen molar-refractivity contribution in [3.8, 4) is 0 Å². The molecule has 0 saturated carbocycles. The van der Waals surface area contributed by atoms with E-state index in [1.165, 1.54) is 29.1 Å². The van der Waals surface area contributed by atoms with Crippen molar-refractivity contribution in [1.29, 1.82) is 0 Å². The number of esters is 1. The maximum absolute atomic E-state index is 11.3. The number of pyridine rings is 1. The molecule has 4 aromatic rings. The van der Waals surface area contributed by atoms with Crippen LogP contribution in [-0.2, 0) is 22.4 Å². The predicted octanol–water partition coefficient (Wildman–Crippen LogP) is 5.70. The van der Waals surface area contributed by atoms with Gasteiger partial charge in [-0.15, -0.1) is 0 Å². The molecule has 0 aliphatic rings. The van der Waals surface area contributed by atoms with Crippen molar-refractivity contribution >= 4 is 28.2 Å². The summed E-state index contributed by atoms with van der Waals surface area (Å²) in [4.78, 5) is 19.1. The highest BCUT2D eigenvalue weighted by atomic mass is 16.5. The number of nitrogens with zero attached hydrogens (tertiary/aromatic N) is 1. The summed E-state index contributed by atoms with van der Waals surface area (Å²) in [6.07, 6.45) is 7.51. The van der Waals surface area contributed by atoms with E-state index >= 15 is 0 Å². The van der Waals surface area contributed by atoms with E-state index in [1.54, 1.807) is 6.20 Å². The van der Waals surface area contributed by atoms with E-state index in [-0.39, 0.29) is 12.0 Å². The zero-order valence-electron chi connectivity index (χ0n) is 19.8.